The van der Waals surface area contributed by atoms with Crippen LogP contribution in [-0.2, 0) is 6.54 Å². The van der Waals surface area contributed by atoms with Gasteiger partial charge in [-0.25, -0.2) is 0 Å². The SMILES string of the molecule is Nc1cccc2c1ccn2Cc1cncc(Br)c1. The van der Waals surface area contributed by atoms with E-state index in [2.05, 4.69) is 49.9 Å². The summed E-state index contributed by atoms with van der Waals surface area (Å²) in [6.07, 6.45) is 5.72. The normalized spacial score (nSPS) is 10.9. The largest absolute Gasteiger partial charge is 0.398 e. The molecule has 0 bridgehead atoms. The lowest BCUT2D eigenvalue weighted by Crippen LogP contribution is -1.98. The van der Waals surface area contributed by atoms with E-state index in [9.17, 15) is 0 Å². The first kappa shape index (κ1) is 11.3. The summed E-state index contributed by atoms with van der Waals surface area (Å²) in [5.74, 6) is 0. The molecule has 3 rings (SSSR count). The van der Waals surface area contributed by atoms with E-state index in [1.54, 1.807) is 6.20 Å². The lowest BCUT2D eigenvalue weighted by Gasteiger charge is -2.06. The third-order valence-corrected chi connectivity index (χ3v) is 3.40. The standard InChI is InChI=1S/C14H12BrN3/c15-11-6-10(7-17-8-11)9-18-5-4-12-13(16)2-1-3-14(12)18/h1-8H,9,16H2. The van der Waals surface area contributed by atoms with Gasteiger partial charge in [0.05, 0.1) is 5.52 Å². The number of pyridine rings is 1. The second-order valence-corrected chi connectivity index (χ2v) is 5.15. The van der Waals surface area contributed by atoms with E-state index in [1.807, 2.05) is 18.3 Å². The Labute approximate surface area is 113 Å². The number of benzene rings is 1. The van der Waals surface area contributed by atoms with Crippen molar-refractivity contribution in [3.05, 3.63) is 59.0 Å². The highest BCUT2D eigenvalue weighted by molar-refractivity contribution is 9.10. The van der Waals surface area contributed by atoms with Crippen molar-refractivity contribution >= 4 is 32.5 Å². The van der Waals surface area contributed by atoms with Crippen molar-refractivity contribution in [2.24, 2.45) is 0 Å². The smallest absolute Gasteiger partial charge is 0.0504 e. The summed E-state index contributed by atoms with van der Waals surface area (Å²) in [5.41, 5.74) is 9.08. The van der Waals surface area contributed by atoms with Crippen LogP contribution in [0.2, 0.25) is 0 Å². The molecular weight excluding hydrogens is 290 g/mol. The molecule has 0 aliphatic heterocycles. The molecule has 0 fully saturated rings. The highest BCUT2D eigenvalue weighted by atomic mass is 79.9. The molecule has 0 amide bonds. The fourth-order valence-electron chi connectivity index (χ4n) is 2.12. The van der Waals surface area contributed by atoms with E-state index in [0.717, 1.165) is 33.2 Å². The van der Waals surface area contributed by atoms with Crippen molar-refractivity contribution in [1.82, 2.24) is 9.55 Å². The maximum Gasteiger partial charge on any atom is 0.0504 e. The van der Waals surface area contributed by atoms with Crippen molar-refractivity contribution in [3.63, 3.8) is 0 Å². The summed E-state index contributed by atoms with van der Waals surface area (Å²) in [6.45, 7) is 0.791. The summed E-state index contributed by atoms with van der Waals surface area (Å²) in [4.78, 5) is 4.18. The molecule has 0 saturated carbocycles. The molecule has 2 heterocycles. The van der Waals surface area contributed by atoms with E-state index < -0.39 is 0 Å². The second kappa shape index (κ2) is 4.46. The van der Waals surface area contributed by atoms with Crippen LogP contribution in [0.5, 0.6) is 0 Å². The average Bonchev–Trinajstić information content (AvgIpc) is 2.74. The Hall–Kier alpha value is -1.81. The minimum Gasteiger partial charge on any atom is -0.398 e. The average molecular weight is 302 g/mol. The van der Waals surface area contributed by atoms with Crippen molar-refractivity contribution in [1.29, 1.82) is 0 Å². The number of fused-ring (bicyclic) bond motifs is 1. The van der Waals surface area contributed by atoms with Gasteiger partial charge in [-0.2, -0.15) is 0 Å². The highest BCUT2D eigenvalue weighted by Gasteiger charge is 2.04. The third-order valence-electron chi connectivity index (χ3n) is 2.96. The third kappa shape index (κ3) is 1.99. The van der Waals surface area contributed by atoms with Crippen LogP contribution in [0.25, 0.3) is 10.9 Å². The lowest BCUT2D eigenvalue weighted by molar-refractivity contribution is 0.831. The summed E-state index contributed by atoms with van der Waals surface area (Å²) >= 11 is 3.44. The van der Waals surface area contributed by atoms with Crippen molar-refractivity contribution in [3.8, 4) is 0 Å². The second-order valence-electron chi connectivity index (χ2n) is 4.24. The molecule has 0 unspecified atom stereocenters. The Bertz CT molecular complexity index is 703. The summed E-state index contributed by atoms with van der Waals surface area (Å²) in [7, 11) is 0. The quantitative estimate of drug-likeness (QED) is 0.737. The Morgan fingerprint density at radius 2 is 2.11 bits per heavy atom. The molecule has 0 aliphatic rings. The predicted octanol–water partition coefficient (Wildman–Crippen LogP) is 3.43. The number of nitrogen functional groups attached to an aromatic ring is 1. The first-order chi connectivity index (χ1) is 8.74. The van der Waals surface area contributed by atoms with E-state index in [1.165, 1.54) is 0 Å². The van der Waals surface area contributed by atoms with Gasteiger partial charge in [0.15, 0.2) is 0 Å². The number of anilines is 1. The topological polar surface area (TPSA) is 43.8 Å². The number of halogens is 1. The molecule has 18 heavy (non-hydrogen) atoms. The summed E-state index contributed by atoms with van der Waals surface area (Å²) in [6, 6.07) is 10.1. The van der Waals surface area contributed by atoms with Crippen molar-refractivity contribution < 1.29 is 0 Å². The fraction of sp³-hybridized carbons (Fsp3) is 0.0714. The number of hydrogen-bond donors (Lipinski definition) is 1. The minimum atomic E-state index is 0.791. The van der Waals surface area contributed by atoms with Gasteiger partial charge in [-0.3, -0.25) is 4.98 Å². The minimum absolute atomic E-state index is 0.791. The molecule has 0 saturated heterocycles. The molecule has 2 aromatic heterocycles. The molecule has 4 heteroatoms. The molecule has 0 aliphatic carbocycles. The van der Waals surface area contributed by atoms with E-state index in [-0.39, 0.29) is 0 Å². The van der Waals surface area contributed by atoms with Crippen LogP contribution in [0.1, 0.15) is 5.56 Å². The Kier molecular flexibility index (Phi) is 2.80. The highest BCUT2D eigenvalue weighted by Crippen LogP contribution is 2.23. The van der Waals surface area contributed by atoms with Gasteiger partial charge in [0.1, 0.15) is 0 Å². The van der Waals surface area contributed by atoms with E-state index >= 15 is 0 Å². The molecule has 3 nitrogen and oxygen atoms in total. The van der Waals surface area contributed by atoms with Crippen molar-refractivity contribution in [2.75, 3.05) is 5.73 Å². The number of hydrogen-bond acceptors (Lipinski definition) is 2. The first-order valence-corrected chi connectivity index (χ1v) is 6.46. The van der Waals surface area contributed by atoms with Crippen LogP contribution in [0, 0.1) is 0 Å². The van der Waals surface area contributed by atoms with Crippen LogP contribution in [0.15, 0.2) is 53.4 Å². The van der Waals surface area contributed by atoms with Gasteiger partial charge in [0.25, 0.3) is 0 Å². The van der Waals surface area contributed by atoms with Crippen LogP contribution >= 0.6 is 15.9 Å². The maximum atomic E-state index is 5.95. The Balaban J connectivity index is 2.03. The monoisotopic (exact) mass is 301 g/mol. The van der Waals surface area contributed by atoms with Crippen LogP contribution < -0.4 is 5.73 Å². The van der Waals surface area contributed by atoms with Gasteiger partial charge in [-0.15, -0.1) is 0 Å². The summed E-state index contributed by atoms with van der Waals surface area (Å²) < 4.78 is 3.17. The van der Waals surface area contributed by atoms with Crippen LogP contribution in [0.4, 0.5) is 5.69 Å². The zero-order valence-corrected chi connectivity index (χ0v) is 11.3. The molecule has 3 aromatic rings. The molecule has 1 aromatic carbocycles. The number of nitrogens with zero attached hydrogens (tertiary/aromatic N) is 2. The number of aromatic nitrogens is 2. The van der Waals surface area contributed by atoms with Gasteiger partial charge in [-0.1, -0.05) is 6.07 Å². The molecule has 2 N–H and O–H groups in total. The number of rotatable bonds is 2. The molecule has 0 radical (unpaired) electrons. The fourth-order valence-corrected chi connectivity index (χ4v) is 2.54. The predicted molar refractivity (Wildman–Crippen MR) is 77.4 cm³/mol. The van der Waals surface area contributed by atoms with Crippen LogP contribution in [0.3, 0.4) is 0 Å². The van der Waals surface area contributed by atoms with E-state index in [0.29, 0.717) is 0 Å². The van der Waals surface area contributed by atoms with Gasteiger partial charge in [-0.05, 0) is 45.8 Å². The van der Waals surface area contributed by atoms with Gasteiger partial charge < -0.3 is 10.3 Å². The Morgan fingerprint density at radius 1 is 1.22 bits per heavy atom. The van der Waals surface area contributed by atoms with Crippen molar-refractivity contribution in [2.45, 2.75) is 6.54 Å². The lowest BCUT2D eigenvalue weighted by atomic mass is 10.2. The van der Waals surface area contributed by atoms with Gasteiger partial charge in [0, 0.05) is 40.7 Å². The molecule has 0 spiro atoms. The Morgan fingerprint density at radius 3 is 2.94 bits per heavy atom. The molecule has 90 valence electrons. The zero-order chi connectivity index (χ0) is 12.5. The van der Waals surface area contributed by atoms with E-state index in [4.69, 9.17) is 5.73 Å². The maximum absolute atomic E-state index is 5.95. The first-order valence-electron chi connectivity index (χ1n) is 5.67. The zero-order valence-electron chi connectivity index (χ0n) is 9.68. The number of nitrogens with two attached hydrogens (primary N) is 1. The van der Waals surface area contributed by atoms with Gasteiger partial charge >= 0.3 is 0 Å². The molecular formula is C14H12BrN3. The van der Waals surface area contributed by atoms with Crippen LogP contribution in [-0.4, -0.2) is 9.55 Å². The molecule has 0 atom stereocenters. The summed E-state index contributed by atoms with van der Waals surface area (Å²) in [5, 5.41) is 1.10. The van der Waals surface area contributed by atoms with Gasteiger partial charge in [0.2, 0.25) is 0 Å².